The number of carboxylic acids is 2. The highest BCUT2D eigenvalue weighted by molar-refractivity contribution is 5.91. The molecule has 0 amide bonds. The second kappa shape index (κ2) is 14.5. The minimum absolute atomic E-state index is 0.0232. The number of aliphatic hydroxyl groups is 4. The summed E-state index contributed by atoms with van der Waals surface area (Å²) in [5.74, 6) is -7.94. The third kappa shape index (κ3) is 7.21. The lowest BCUT2D eigenvalue weighted by atomic mass is 9.88. The zero-order valence-electron chi connectivity index (χ0n) is 25.6. The molecule has 3 aromatic carbocycles. The van der Waals surface area contributed by atoms with Gasteiger partial charge in [-0.1, -0.05) is 18.2 Å². The number of phenolic OH excluding ortho intramolecular Hbond substituents is 4. The molecule has 0 spiro atoms. The van der Waals surface area contributed by atoms with Gasteiger partial charge in [0, 0.05) is 18.1 Å². The summed E-state index contributed by atoms with van der Waals surface area (Å²) in [6.07, 6.45) is -9.68. The number of aliphatic carboxylic acids is 2. The van der Waals surface area contributed by atoms with Crippen LogP contribution in [0.4, 0.5) is 0 Å². The zero-order chi connectivity index (χ0) is 36.4. The quantitative estimate of drug-likeness (QED) is 0.0728. The van der Waals surface area contributed by atoms with Gasteiger partial charge in [0.05, 0.1) is 6.61 Å². The van der Waals surface area contributed by atoms with E-state index >= 15 is 0 Å². The predicted molar refractivity (Wildman–Crippen MR) is 164 cm³/mol. The molecule has 0 bridgehead atoms. The number of ether oxygens (including phenoxy) is 4. The van der Waals surface area contributed by atoms with Gasteiger partial charge in [-0.2, -0.15) is 0 Å². The zero-order valence-corrected chi connectivity index (χ0v) is 25.6. The van der Waals surface area contributed by atoms with Gasteiger partial charge in [0.1, 0.15) is 36.4 Å². The van der Waals surface area contributed by atoms with Crippen molar-refractivity contribution < 1.29 is 84.4 Å². The van der Waals surface area contributed by atoms with Crippen LogP contribution in [-0.4, -0.2) is 112 Å². The first-order chi connectivity index (χ1) is 23.7. The molecule has 17 nitrogen and oxygen atoms in total. The molecule has 1 fully saturated rings. The molecule has 266 valence electrons. The Bertz CT molecular complexity index is 1800. The van der Waals surface area contributed by atoms with Gasteiger partial charge >= 0.3 is 17.9 Å². The van der Waals surface area contributed by atoms with E-state index in [1.165, 1.54) is 24.3 Å². The molecule has 10 N–H and O–H groups in total. The van der Waals surface area contributed by atoms with Crippen molar-refractivity contribution in [2.45, 2.75) is 55.3 Å². The Morgan fingerprint density at radius 1 is 0.840 bits per heavy atom. The van der Waals surface area contributed by atoms with Gasteiger partial charge in [-0.15, -0.1) is 0 Å². The summed E-state index contributed by atoms with van der Waals surface area (Å²) in [6.45, 7) is -0.730. The van der Waals surface area contributed by atoms with E-state index < -0.39 is 103 Å². The average molecular weight is 701 g/mol. The average Bonchev–Trinajstić information content (AvgIpc) is 3.49. The standard InChI is InChI=1S/C33H32O17/c34-12-22-26(40)27(41)28(42)33(49-22)48-20-9-13(1-5-17(20)36)10-21(31(43)44)47-23(39)8-4-14-2-7-18(37)30-24(14)25(32(45)46)29(50-30)15-3-6-16(35)19(38)11-15/h1-9,11,21-22,25-29,33-38,40-42H,10,12H2,(H,43,44)(H,45,46). The van der Waals surface area contributed by atoms with E-state index in [2.05, 4.69) is 0 Å². The summed E-state index contributed by atoms with van der Waals surface area (Å²) < 4.78 is 21.6. The van der Waals surface area contributed by atoms with Crippen molar-refractivity contribution in [3.8, 4) is 34.5 Å². The van der Waals surface area contributed by atoms with Crippen molar-refractivity contribution in [3.63, 3.8) is 0 Å². The molecule has 8 atom stereocenters. The first-order valence-corrected chi connectivity index (χ1v) is 14.9. The molecule has 2 aliphatic rings. The number of fused-ring (bicyclic) bond motifs is 1. The van der Waals surface area contributed by atoms with Gasteiger partial charge in [0.25, 0.3) is 0 Å². The van der Waals surface area contributed by atoms with E-state index in [4.69, 9.17) is 18.9 Å². The summed E-state index contributed by atoms with van der Waals surface area (Å²) in [4.78, 5) is 37.2. The Morgan fingerprint density at radius 2 is 1.54 bits per heavy atom. The third-order valence-electron chi connectivity index (χ3n) is 8.13. The summed E-state index contributed by atoms with van der Waals surface area (Å²) in [5, 5.41) is 99.8. The van der Waals surface area contributed by atoms with Gasteiger partial charge < -0.3 is 70.0 Å². The second-order valence-corrected chi connectivity index (χ2v) is 11.4. The van der Waals surface area contributed by atoms with Crippen LogP contribution in [0, 0.1) is 0 Å². The molecule has 17 heteroatoms. The van der Waals surface area contributed by atoms with E-state index in [0.717, 1.165) is 36.4 Å². The van der Waals surface area contributed by atoms with Gasteiger partial charge in [-0.25, -0.2) is 9.59 Å². The lowest BCUT2D eigenvalue weighted by molar-refractivity contribution is -0.277. The Kier molecular flexibility index (Phi) is 10.3. The number of hydrogen-bond donors (Lipinski definition) is 10. The largest absolute Gasteiger partial charge is 0.504 e. The van der Waals surface area contributed by atoms with Crippen LogP contribution in [0.5, 0.6) is 34.5 Å². The van der Waals surface area contributed by atoms with Crippen molar-refractivity contribution in [2.24, 2.45) is 0 Å². The van der Waals surface area contributed by atoms with E-state index in [1.54, 1.807) is 0 Å². The van der Waals surface area contributed by atoms with Crippen LogP contribution < -0.4 is 9.47 Å². The van der Waals surface area contributed by atoms with Gasteiger partial charge in [0.15, 0.2) is 34.5 Å². The fourth-order valence-corrected chi connectivity index (χ4v) is 5.57. The Hall–Kier alpha value is -5.59. The van der Waals surface area contributed by atoms with Crippen LogP contribution in [0.25, 0.3) is 6.08 Å². The van der Waals surface area contributed by atoms with E-state index in [9.17, 15) is 65.4 Å². The molecule has 0 aliphatic carbocycles. The second-order valence-electron chi connectivity index (χ2n) is 11.4. The minimum atomic E-state index is -1.80. The highest BCUT2D eigenvalue weighted by Crippen LogP contribution is 2.52. The first-order valence-electron chi connectivity index (χ1n) is 14.9. The molecule has 2 heterocycles. The molecule has 2 aliphatic heterocycles. The first kappa shape index (κ1) is 35.7. The van der Waals surface area contributed by atoms with Crippen molar-refractivity contribution in [2.75, 3.05) is 6.61 Å². The highest BCUT2D eigenvalue weighted by atomic mass is 16.7. The number of esters is 1. The van der Waals surface area contributed by atoms with E-state index in [1.807, 2.05) is 0 Å². The minimum Gasteiger partial charge on any atom is -0.504 e. The molecule has 8 unspecified atom stereocenters. The lowest BCUT2D eigenvalue weighted by Gasteiger charge is -2.39. The van der Waals surface area contributed by atoms with Crippen LogP contribution in [0.1, 0.15) is 34.3 Å². The maximum Gasteiger partial charge on any atom is 0.345 e. The van der Waals surface area contributed by atoms with Crippen molar-refractivity contribution in [1.29, 1.82) is 0 Å². The molecule has 1 saturated heterocycles. The number of carbonyl (C=O) groups is 3. The number of rotatable bonds is 11. The molecular formula is C33H32O17. The van der Waals surface area contributed by atoms with Crippen molar-refractivity contribution in [3.05, 3.63) is 76.9 Å². The van der Waals surface area contributed by atoms with Crippen LogP contribution in [0.15, 0.2) is 54.6 Å². The number of aromatic hydroxyl groups is 4. The number of carboxylic acid groups (broad SMARTS) is 2. The maximum absolute atomic E-state index is 12.8. The van der Waals surface area contributed by atoms with E-state index in [-0.39, 0.29) is 33.8 Å². The van der Waals surface area contributed by atoms with Crippen LogP contribution in [0.2, 0.25) is 0 Å². The Balaban J connectivity index is 1.32. The van der Waals surface area contributed by atoms with Gasteiger partial charge in [-0.05, 0) is 53.1 Å². The summed E-state index contributed by atoms with van der Waals surface area (Å²) >= 11 is 0. The fourth-order valence-electron chi connectivity index (χ4n) is 5.57. The Morgan fingerprint density at radius 3 is 2.20 bits per heavy atom. The smallest absolute Gasteiger partial charge is 0.345 e. The number of hydrogen-bond acceptors (Lipinski definition) is 15. The maximum atomic E-state index is 12.8. The number of benzene rings is 3. The normalized spacial score (nSPS) is 25.0. The summed E-state index contributed by atoms with van der Waals surface area (Å²) in [6, 6.07) is 9.64. The predicted octanol–water partition coefficient (Wildman–Crippen LogP) is 0.242. The van der Waals surface area contributed by atoms with Crippen molar-refractivity contribution in [1.82, 2.24) is 0 Å². The topological polar surface area (TPSA) is 290 Å². The van der Waals surface area contributed by atoms with E-state index in [0.29, 0.717) is 0 Å². The molecule has 50 heavy (non-hydrogen) atoms. The number of phenols is 4. The molecular weight excluding hydrogens is 668 g/mol. The SMILES string of the molecule is O=C(C=Cc1ccc(O)c2c1C(C(=O)O)C(c1ccc(O)c(O)c1)O2)OC(Cc1ccc(O)c(OC2OC(CO)C(O)C(O)C2O)c1)C(=O)O. The molecule has 5 rings (SSSR count). The number of aliphatic hydroxyl groups excluding tert-OH is 4. The van der Waals surface area contributed by atoms with Crippen molar-refractivity contribution >= 4 is 24.0 Å². The molecule has 0 saturated carbocycles. The highest BCUT2D eigenvalue weighted by Gasteiger charge is 2.45. The fraction of sp³-hybridized carbons (Fsp3) is 0.303. The summed E-state index contributed by atoms with van der Waals surface area (Å²) in [5.41, 5.74) is 0.409. The van der Waals surface area contributed by atoms with Crippen LogP contribution in [-0.2, 0) is 30.3 Å². The van der Waals surface area contributed by atoms with Gasteiger partial charge in [-0.3, -0.25) is 4.79 Å². The Labute approximate surface area is 281 Å². The molecule has 0 radical (unpaired) electrons. The molecule has 3 aromatic rings. The third-order valence-corrected chi connectivity index (χ3v) is 8.13. The van der Waals surface area contributed by atoms with Gasteiger partial charge in [0.2, 0.25) is 12.4 Å². The monoisotopic (exact) mass is 700 g/mol. The number of carbonyl (C=O) groups excluding carboxylic acids is 1. The lowest BCUT2D eigenvalue weighted by Crippen LogP contribution is -2.60. The summed E-state index contributed by atoms with van der Waals surface area (Å²) in [7, 11) is 0. The van der Waals surface area contributed by atoms with Crippen LogP contribution >= 0.6 is 0 Å². The molecule has 0 aromatic heterocycles. The van der Waals surface area contributed by atoms with Crippen LogP contribution in [0.3, 0.4) is 0 Å².